The molecule has 3 N–H and O–H groups in total. The summed E-state index contributed by atoms with van der Waals surface area (Å²) in [5.41, 5.74) is 6.95. The molecule has 1 rings (SSSR count). The van der Waals surface area contributed by atoms with Crippen molar-refractivity contribution in [2.45, 2.75) is 39.7 Å². The second kappa shape index (κ2) is 6.22. The predicted octanol–water partition coefficient (Wildman–Crippen LogP) is 2.08. The lowest BCUT2D eigenvalue weighted by atomic mass is 10.0. The summed E-state index contributed by atoms with van der Waals surface area (Å²) in [5, 5.41) is 1.99. The number of urea groups is 1. The molecule has 3 amide bonds. The fourth-order valence-electron chi connectivity index (χ4n) is 1.57. The van der Waals surface area contributed by atoms with Gasteiger partial charge in [0.25, 0.3) is 5.91 Å². The first-order valence-electron chi connectivity index (χ1n) is 6.18. The Balaban J connectivity index is 2.83. The smallest absolute Gasteiger partial charge is 0.318 e. The van der Waals surface area contributed by atoms with Crippen molar-refractivity contribution >= 4 is 11.9 Å². The van der Waals surface area contributed by atoms with Crippen LogP contribution in [0.3, 0.4) is 0 Å². The first-order valence-corrected chi connectivity index (χ1v) is 6.18. The predicted molar refractivity (Wildman–Crippen MR) is 73.1 cm³/mol. The summed E-state index contributed by atoms with van der Waals surface area (Å²) in [5.74, 6) is 0.456. The summed E-state index contributed by atoms with van der Waals surface area (Å²) in [4.78, 5) is 22.2. The molecule has 0 radical (unpaired) electrons. The highest BCUT2D eigenvalue weighted by Crippen LogP contribution is 2.25. The van der Waals surface area contributed by atoms with Crippen LogP contribution in [-0.2, 0) is 4.79 Å². The Morgan fingerprint density at radius 1 is 1.26 bits per heavy atom. The standard InChI is InChI=1S/C14H20N2O3/c1-8(2)11-6-5-9(3)12(7-11)19-10(4)13(17)16-14(15)18/h5-8,10H,1-4H3,(H3,15,16,17,18). The Kier molecular flexibility index (Phi) is 4.92. The van der Waals surface area contributed by atoms with Gasteiger partial charge < -0.3 is 10.5 Å². The molecule has 0 aliphatic rings. The van der Waals surface area contributed by atoms with Crippen molar-refractivity contribution in [2.24, 2.45) is 5.73 Å². The summed E-state index contributed by atoms with van der Waals surface area (Å²) in [6.45, 7) is 7.63. The average molecular weight is 264 g/mol. The van der Waals surface area contributed by atoms with E-state index in [4.69, 9.17) is 10.5 Å². The molecule has 1 aromatic rings. The number of primary amides is 1. The fourth-order valence-corrected chi connectivity index (χ4v) is 1.57. The van der Waals surface area contributed by atoms with E-state index < -0.39 is 18.0 Å². The van der Waals surface area contributed by atoms with Crippen LogP contribution in [0.25, 0.3) is 0 Å². The number of carbonyl (C=O) groups is 2. The van der Waals surface area contributed by atoms with Crippen LogP contribution in [0.2, 0.25) is 0 Å². The van der Waals surface area contributed by atoms with Gasteiger partial charge >= 0.3 is 6.03 Å². The second-order valence-electron chi connectivity index (χ2n) is 4.79. The zero-order chi connectivity index (χ0) is 14.6. The van der Waals surface area contributed by atoms with Crippen molar-refractivity contribution in [2.75, 3.05) is 0 Å². The number of aryl methyl sites for hydroxylation is 1. The van der Waals surface area contributed by atoms with E-state index in [9.17, 15) is 9.59 Å². The number of amides is 3. The van der Waals surface area contributed by atoms with Gasteiger partial charge in [0.2, 0.25) is 0 Å². The van der Waals surface area contributed by atoms with E-state index in [1.807, 2.05) is 30.4 Å². The molecule has 0 spiro atoms. The van der Waals surface area contributed by atoms with Crippen LogP contribution < -0.4 is 15.8 Å². The minimum Gasteiger partial charge on any atom is -0.481 e. The average Bonchev–Trinajstić information content (AvgIpc) is 2.30. The van der Waals surface area contributed by atoms with Crippen molar-refractivity contribution in [3.05, 3.63) is 29.3 Å². The molecule has 0 aromatic heterocycles. The molecule has 0 saturated heterocycles. The SMILES string of the molecule is Cc1ccc(C(C)C)cc1OC(C)C(=O)NC(N)=O. The Bertz CT molecular complexity index is 484. The van der Waals surface area contributed by atoms with Crippen LogP contribution in [0.5, 0.6) is 5.75 Å². The lowest BCUT2D eigenvalue weighted by Gasteiger charge is -2.17. The molecule has 0 saturated carbocycles. The van der Waals surface area contributed by atoms with Gasteiger partial charge in [-0.05, 0) is 37.0 Å². The minimum absolute atomic E-state index is 0.373. The van der Waals surface area contributed by atoms with Gasteiger partial charge in [-0.3, -0.25) is 10.1 Å². The maximum absolute atomic E-state index is 11.6. The molecular formula is C14H20N2O3. The summed E-state index contributed by atoms with van der Waals surface area (Å²) in [6, 6.07) is 5.01. The molecule has 5 nitrogen and oxygen atoms in total. The Morgan fingerprint density at radius 2 is 1.89 bits per heavy atom. The van der Waals surface area contributed by atoms with E-state index in [0.717, 1.165) is 11.1 Å². The number of hydrogen-bond donors (Lipinski definition) is 2. The quantitative estimate of drug-likeness (QED) is 0.873. The van der Waals surface area contributed by atoms with E-state index in [0.29, 0.717) is 11.7 Å². The molecule has 1 atom stereocenters. The Labute approximate surface area is 113 Å². The third-order valence-corrected chi connectivity index (χ3v) is 2.80. The van der Waals surface area contributed by atoms with Crippen molar-refractivity contribution in [3.8, 4) is 5.75 Å². The topological polar surface area (TPSA) is 81.4 Å². The van der Waals surface area contributed by atoms with Gasteiger partial charge in [-0.2, -0.15) is 0 Å². The van der Waals surface area contributed by atoms with Gasteiger partial charge in [0.1, 0.15) is 5.75 Å². The van der Waals surface area contributed by atoms with E-state index in [1.165, 1.54) is 0 Å². The fraction of sp³-hybridized carbons (Fsp3) is 0.429. The molecule has 1 unspecified atom stereocenters. The number of nitrogens with two attached hydrogens (primary N) is 1. The summed E-state index contributed by atoms with van der Waals surface area (Å²) >= 11 is 0. The molecule has 0 bridgehead atoms. The van der Waals surface area contributed by atoms with Gasteiger partial charge in [-0.1, -0.05) is 26.0 Å². The molecule has 0 fully saturated rings. The number of nitrogens with one attached hydrogen (secondary N) is 1. The zero-order valence-electron chi connectivity index (χ0n) is 11.7. The van der Waals surface area contributed by atoms with Crippen molar-refractivity contribution in [1.82, 2.24) is 5.32 Å². The third kappa shape index (κ3) is 4.28. The van der Waals surface area contributed by atoms with Gasteiger partial charge in [-0.15, -0.1) is 0 Å². The highest BCUT2D eigenvalue weighted by Gasteiger charge is 2.17. The zero-order valence-corrected chi connectivity index (χ0v) is 11.7. The van der Waals surface area contributed by atoms with Gasteiger partial charge in [0.05, 0.1) is 0 Å². The molecule has 5 heteroatoms. The number of ether oxygens (including phenoxy) is 1. The summed E-state index contributed by atoms with van der Waals surface area (Å²) in [6.07, 6.45) is -0.784. The van der Waals surface area contributed by atoms with Crippen molar-refractivity contribution in [3.63, 3.8) is 0 Å². The molecular weight excluding hydrogens is 244 g/mol. The lowest BCUT2D eigenvalue weighted by Crippen LogP contribution is -2.42. The van der Waals surface area contributed by atoms with Crippen molar-refractivity contribution < 1.29 is 14.3 Å². The number of carbonyl (C=O) groups excluding carboxylic acids is 2. The summed E-state index contributed by atoms with van der Waals surface area (Å²) < 4.78 is 5.58. The Morgan fingerprint density at radius 3 is 2.42 bits per heavy atom. The molecule has 19 heavy (non-hydrogen) atoms. The first kappa shape index (κ1) is 15.0. The van der Waals surface area contributed by atoms with E-state index >= 15 is 0 Å². The third-order valence-electron chi connectivity index (χ3n) is 2.80. The van der Waals surface area contributed by atoms with Gasteiger partial charge in [0, 0.05) is 0 Å². The molecule has 0 aliphatic carbocycles. The van der Waals surface area contributed by atoms with Gasteiger partial charge in [0.15, 0.2) is 6.10 Å². The number of rotatable bonds is 4. The van der Waals surface area contributed by atoms with Crippen LogP contribution in [0.15, 0.2) is 18.2 Å². The first-order chi connectivity index (χ1) is 8.81. The highest BCUT2D eigenvalue weighted by molar-refractivity contribution is 5.95. The maximum Gasteiger partial charge on any atom is 0.318 e. The van der Waals surface area contributed by atoms with Crippen LogP contribution in [-0.4, -0.2) is 18.0 Å². The van der Waals surface area contributed by atoms with Gasteiger partial charge in [-0.25, -0.2) is 4.79 Å². The highest BCUT2D eigenvalue weighted by atomic mass is 16.5. The van der Waals surface area contributed by atoms with Crippen LogP contribution >= 0.6 is 0 Å². The molecule has 0 heterocycles. The van der Waals surface area contributed by atoms with Crippen LogP contribution in [0.1, 0.15) is 37.8 Å². The lowest BCUT2D eigenvalue weighted by molar-refractivity contribution is -0.126. The van der Waals surface area contributed by atoms with E-state index in [1.54, 1.807) is 6.92 Å². The second-order valence-corrected chi connectivity index (χ2v) is 4.79. The van der Waals surface area contributed by atoms with Crippen LogP contribution in [0, 0.1) is 6.92 Å². The monoisotopic (exact) mass is 264 g/mol. The van der Waals surface area contributed by atoms with Crippen LogP contribution in [0.4, 0.5) is 4.79 Å². The van der Waals surface area contributed by atoms with Crippen molar-refractivity contribution in [1.29, 1.82) is 0 Å². The van der Waals surface area contributed by atoms with E-state index in [2.05, 4.69) is 13.8 Å². The minimum atomic E-state index is -0.881. The number of imide groups is 1. The Hall–Kier alpha value is -2.04. The molecule has 104 valence electrons. The largest absolute Gasteiger partial charge is 0.481 e. The van der Waals surface area contributed by atoms with E-state index in [-0.39, 0.29) is 0 Å². The maximum atomic E-state index is 11.6. The normalized spacial score (nSPS) is 12.1. The molecule has 1 aromatic carbocycles. The molecule has 0 aliphatic heterocycles. The number of hydrogen-bond acceptors (Lipinski definition) is 3. The summed E-state index contributed by atoms with van der Waals surface area (Å²) in [7, 11) is 0. The number of benzene rings is 1.